The van der Waals surface area contributed by atoms with Crippen molar-refractivity contribution in [1.29, 1.82) is 0 Å². The fourth-order valence-electron chi connectivity index (χ4n) is 5.19. The van der Waals surface area contributed by atoms with Gasteiger partial charge in [-0.25, -0.2) is 14.4 Å². The molecule has 5 heterocycles. The lowest BCUT2D eigenvalue weighted by Crippen LogP contribution is -2.46. The molecule has 0 amide bonds. The number of rotatable bonds is 6. The lowest BCUT2D eigenvalue weighted by atomic mass is 10.1. The average Bonchev–Trinajstić information content (AvgIpc) is 3.35. The first-order valence-electron chi connectivity index (χ1n) is 12.8. The van der Waals surface area contributed by atoms with Crippen molar-refractivity contribution in [2.45, 2.75) is 13.1 Å². The molecule has 0 atom stereocenters. The van der Waals surface area contributed by atoms with Gasteiger partial charge in [0.1, 0.15) is 17.2 Å². The zero-order chi connectivity index (χ0) is 25.2. The second kappa shape index (κ2) is 10.8. The molecule has 0 bridgehead atoms. The largest absolute Gasteiger partial charge is 0.366 e. The number of nitrogens with zero attached hydrogens (tertiary/aromatic N) is 6. The zero-order valence-electron chi connectivity index (χ0n) is 20.6. The standard InChI is InChI=1S/C27H30BrFN8/c28-23-16-32-27-24(25(23)37-11-9-36(10-12-37)18-20-13-22(29)15-31-14-20)33-26(34-27)21-3-1-19(2-4-21)17-35-7-5-30-6-8-35/h1-4,13-16,30H,5-12,17-18H2,(H,32,33,34). The van der Waals surface area contributed by atoms with Crippen LogP contribution in [-0.2, 0) is 13.1 Å². The minimum Gasteiger partial charge on any atom is -0.366 e. The number of fused-ring (bicyclic) bond motifs is 1. The molecule has 37 heavy (non-hydrogen) atoms. The summed E-state index contributed by atoms with van der Waals surface area (Å²) < 4.78 is 14.5. The van der Waals surface area contributed by atoms with Crippen LogP contribution in [-0.4, -0.2) is 82.1 Å². The van der Waals surface area contributed by atoms with Crippen molar-refractivity contribution >= 4 is 32.8 Å². The molecule has 0 radical (unpaired) electrons. The van der Waals surface area contributed by atoms with Gasteiger partial charge in [0.25, 0.3) is 0 Å². The summed E-state index contributed by atoms with van der Waals surface area (Å²) in [6.07, 6.45) is 4.82. The van der Waals surface area contributed by atoms with Crippen LogP contribution in [0, 0.1) is 5.82 Å². The van der Waals surface area contributed by atoms with Gasteiger partial charge in [0.2, 0.25) is 0 Å². The summed E-state index contributed by atoms with van der Waals surface area (Å²) in [6.45, 7) is 9.43. The van der Waals surface area contributed by atoms with Crippen molar-refractivity contribution in [2.75, 3.05) is 57.3 Å². The van der Waals surface area contributed by atoms with Gasteiger partial charge in [-0.05, 0) is 33.1 Å². The molecule has 0 aliphatic carbocycles. The number of pyridine rings is 2. The van der Waals surface area contributed by atoms with E-state index in [0.717, 1.165) is 91.5 Å². The lowest BCUT2D eigenvalue weighted by molar-refractivity contribution is 0.233. The van der Waals surface area contributed by atoms with Crippen molar-refractivity contribution in [3.8, 4) is 11.4 Å². The van der Waals surface area contributed by atoms with Crippen LogP contribution in [0.5, 0.6) is 0 Å². The second-order valence-electron chi connectivity index (χ2n) is 9.74. The number of halogens is 2. The van der Waals surface area contributed by atoms with Crippen LogP contribution < -0.4 is 10.2 Å². The third-order valence-electron chi connectivity index (χ3n) is 7.15. The van der Waals surface area contributed by atoms with Gasteiger partial charge in [0.15, 0.2) is 5.65 Å². The smallest absolute Gasteiger partial charge is 0.180 e. The van der Waals surface area contributed by atoms with Crippen molar-refractivity contribution in [3.63, 3.8) is 0 Å². The van der Waals surface area contributed by atoms with Crippen LogP contribution in [0.1, 0.15) is 11.1 Å². The molecule has 10 heteroatoms. The third kappa shape index (κ3) is 5.52. The SMILES string of the molecule is Fc1cncc(CN2CCN(c3c(Br)cnc4nc(-c5ccc(CN6CCNCC6)cc5)[nH]c34)CC2)c1. The minimum absolute atomic E-state index is 0.288. The Morgan fingerprint density at radius 1 is 0.865 bits per heavy atom. The molecule has 2 aliphatic heterocycles. The predicted molar refractivity (Wildman–Crippen MR) is 147 cm³/mol. The number of aromatic nitrogens is 4. The van der Waals surface area contributed by atoms with E-state index in [1.54, 1.807) is 12.3 Å². The number of imidazole rings is 1. The van der Waals surface area contributed by atoms with Gasteiger partial charge in [-0.15, -0.1) is 0 Å². The van der Waals surface area contributed by atoms with Crippen molar-refractivity contribution < 1.29 is 4.39 Å². The Morgan fingerprint density at radius 3 is 2.35 bits per heavy atom. The summed E-state index contributed by atoms with van der Waals surface area (Å²) >= 11 is 3.73. The van der Waals surface area contributed by atoms with Gasteiger partial charge in [0.05, 0.1) is 16.4 Å². The molecule has 192 valence electrons. The lowest BCUT2D eigenvalue weighted by Gasteiger charge is -2.36. The molecule has 0 spiro atoms. The Balaban J connectivity index is 1.17. The number of nitrogens with one attached hydrogen (secondary N) is 2. The maximum atomic E-state index is 13.5. The molecule has 2 saturated heterocycles. The Morgan fingerprint density at radius 2 is 1.59 bits per heavy atom. The molecule has 2 N–H and O–H groups in total. The molecule has 3 aromatic heterocycles. The highest BCUT2D eigenvalue weighted by molar-refractivity contribution is 9.10. The molecule has 4 aromatic rings. The quantitative estimate of drug-likeness (QED) is 0.370. The van der Waals surface area contributed by atoms with E-state index in [1.165, 1.54) is 11.8 Å². The van der Waals surface area contributed by atoms with E-state index in [1.807, 2.05) is 6.20 Å². The van der Waals surface area contributed by atoms with Crippen LogP contribution in [0.25, 0.3) is 22.6 Å². The third-order valence-corrected chi connectivity index (χ3v) is 7.73. The maximum Gasteiger partial charge on any atom is 0.180 e. The van der Waals surface area contributed by atoms with Crippen LogP contribution >= 0.6 is 15.9 Å². The van der Waals surface area contributed by atoms with E-state index < -0.39 is 0 Å². The first-order chi connectivity index (χ1) is 18.1. The van der Waals surface area contributed by atoms with Gasteiger partial charge in [-0.1, -0.05) is 24.3 Å². The van der Waals surface area contributed by atoms with E-state index in [0.29, 0.717) is 12.2 Å². The number of benzene rings is 1. The maximum absolute atomic E-state index is 13.5. The molecule has 2 fully saturated rings. The fourth-order valence-corrected chi connectivity index (χ4v) is 5.74. The topological polar surface area (TPSA) is 76.2 Å². The summed E-state index contributed by atoms with van der Waals surface area (Å²) in [5.74, 6) is 0.538. The molecule has 8 nitrogen and oxygen atoms in total. The number of piperazine rings is 2. The summed E-state index contributed by atoms with van der Waals surface area (Å²) in [5, 5.41) is 3.41. The van der Waals surface area contributed by atoms with E-state index in [4.69, 9.17) is 4.98 Å². The van der Waals surface area contributed by atoms with Crippen LogP contribution in [0.4, 0.5) is 10.1 Å². The highest BCUT2D eigenvalue weighted by Gasteiger charge is 2.23. The Bertz CT molecular complexity index is 1360. The van der Waals surface area contributed by atoms with Gasteiger partial charge in [-0.2, -0.15) is 0 Å². The molecular weight excluding hydrogens is 535 g/mol. The number of H-pyrrole nitrogens is 1. The Labute approximate surface area is 224 Å². The average molecular weight is 565 g/mol. The Kier molecular flexibility index (Phi) is 7.14. The van der Waals surface area contributed by atoms with Crippen molar-refractivity contribution in [1.82, 2.24) is 35.1 Å². The fraction of sp³-hybridized carbons (Fsp3) is 0.370. The van der Waals surface area contributed by atoms with Crippen LogP contribution in [0.15, 0.2) is 53.4 Å². The highest BCUT2D eigenvalue weighted by Crippen LogP contribution is 2.34. The van der Waals surface area contributed by atoms with Crippen molar-refractivity contribution in [3.05, 3.63) is 70.3 Å². The first-order valence-corrected chi connectivity index (χ1v) is 13.5. The molecule has 6 rings (SSSR count). The molecule has 2 aliphatic rings. The normalized spacial score (nSPS) is 17.5. The summed E-state index contributed by atoms with van der Waals surface area (Å²) in [4.78, 5) is 24.1. The van der Waals surface area contributed by atoms with Gasteiger partial charge >= 0.3 is 0 Å². The molecular formula is C27H30BrFN8. The van der Waals surface area contributed by atoms with E-state index >= 15 is 0 Å². The Hall–Kier alpha value is -2.92. The van der Waals surface area contributed by atoms with Crippen molar-refractivity contribution in [2.24, 2.45) is 0 Å². The van der Waals surface area contributed by atoms with Gasteiger partial charge < -0.3 is 15.2 Å². The summed E-state index contributed by atoms with van der Waals surface area (Å²) in [6, 6.07) is 10.2. The number of aromatic amines is 1. The van der Waals surface area contributed by atoms with Gasteiger partial charge in [-0.3, -0.25) is 14.8 Å². The minimum atomic E-state index is -0.288. The van der Waals surface area contributed by atoms with Crippen LogP contribution in [0.3, 0.4) is 0 Å². The van der Waals surface area contributed by atoms with Crippen LogP contribution in [0.2, 0.25) is 0 Å². The zero-order valence-corrected chi connectivity index (χ0v) is 22.2. The summed E-state index contributed by atoms with van der Waals surface area (Å²) in [7, 11) is 0. The highest BCUT2D eigenvalue weighted by atomic mass is 79.9. The summed E-state index contributed by atoms with van der Waals surface area (Å²) in [5.41, 5.74) is 6.01. The first kappa shape index (κ1) is 24.4. The van der Waals surface area contributed by atoms with E-state index in [-0.39, 0.29) is 5.82 Å². The molecule has 1 aromatic carbocycles. The number of anilines is 1. The predicted octanol–water partition coefficient (Wildman–Crippen LogP) is 3.65. The molecule has 0 saturated carbocycles. The second-order valence-corrected chi connectivity index (χ2v) is 10.6. The van der Waals surface area contributed by atoms with Gasteiger partial charge in [0, 0.05) is 83.4 Å². The van der Waals surface area contributed by atoms with E-state index in [9.17, 15) is 4.39 Å². The van der Waals surface area contributed by atoms with E-state index in [2.05, 4.69) is 75.2 Å². The number of hydrogen-bond donors (Lipinski definition) is 2. The molecule has 0 unspecified atom stereocenters. The monoisotopic (exact) mass is 564 g/mol. The number of hydrogen-bond acceptors (Lipinski definition) is 7.